The smallest absolute Gasteiger partial charge is 0.340 e. The minimum atomic E-state index is -1.15. The summed E-state index contributed by atoms with van der Waals surface area (Å²) in [5, 5.41) is 30.5. The first-order valence-corrected chi connectivity index (χ1v) is 12.7. The zero-order chi connectivity index (χ0) is 27.6. The van der Waals surface area contributed by atoms with E-state index >= 15 is 0 Å². The molecule has 0 amide bonds. The van der Waals surface area contributed by atoms with Crippen molar-refractivity contribution in [3.8, 4) is 11.5 Å². The summed E-state index contributed by atoms with van der Waals surface area (Å²) in [7, 11) is 1.46. The first-order valence-electron chi connectivity index (χ1n) is 12.7. The van der Waals surface area contributed by atoms with E-state index in [0.29, 0.717) is 24.3 Å². The molecule has 1 fully saturated rings. The molecule has 2 rings (SSSR count). The van der Waals surface area contributed by atoms with Crippen LogP contribution >= 0.6 is 0 Å². The number of carbonyl (C=O) groups is 1. The van der Waals surface area contributed by atoms with Gasteiger partial charge in [-0.1, -0.05) is 44.6 Å². The molecule has 9 nitrogen and oxygen atoms in total. The number of methoxy groups -OCH3 is 1. The van der Waals surface area contributed by atoms with E-state index in [1.807, 2.05) is 13.8 Å². The maximum Gasteiger partial charge on any atom is 0.340 e. The van der Waals surface area contributed by atoms with Gasteiger partial charge in [0.1, 0.15) is 29.3 Å². The Kier molecular flexibility index (Phi) is 12.1. The number of aliphatic hydroxyl groups is 2. The summed E-state index contributed by atoms with van der Waals surface area (Å²) in [5.74, 6) is -1.58. The fourth-order valence-electron chi connectivity index (χ4n) is 3.88. The Labute approximate surface area is 219 Å². The molecule has 0 aliphatic carbocycles. The Morgan fingerprint density at radius 1 is 1.14 bits per heavy atom. The minimum Gasteiger partial charge on any atom is -0.493 e. The van der Waals surface area contributed by atoms with Crippen molar-refractivity contribution in [2.24, 2.45) is 5.92 Å². The second-order valence-corrected chi connectivity index (χ2v) is 9.66. The van der Waals surface area contributed by atoms with Gasteiger partial charge in [-0.15, -0.1) is 0 Å². The van der Waals surface area contributed by atoms with Gasteiger partial charge in [-0.2, -0.15) is 0 Å². The van der Waals surface area contributed by atoms with Gasteiger partial charge in [0, 0.05) is 12.7 Å². The lowest BCUT2D eigenvalue weighted by molar-refractivity contribution is -0.152. The lowest BCUT2D eigenvalue weighted by Gasteiger charge is -2.20. The van der Waals surface area contributed by atoms with Crippen LogP contribution in [0.3, 0.4) is 0 Å². The topological polar surface area (TPSA) is 124 Å². The van der Waals surface area contributed by atoms with E-state index in [4.69, 9.17) is 23.7 Å². The number of carboxylic acid groups (broad SMARTS) is 1. The summed E-state index contributed by atoms with van der Waals surface area (Å²) in [5.41, 5.74) is 0.344. The number of rotatable bonds is 15. The van der Waals surface area contributed by atoms with E-state index in [0.717, 1.165) is 12.8 Å². The summed E-state index contributed by atoms with van der Waals surface area (Å²) in [4.78, 5) is 12.2. The highest BCUT2D eigenvalue weighted by Gasteiger charge is 2.43. The van der Waals surface area contributed by atoms with Gasteiger partial charge in [0.25, 0.3) is 0 Å². The molecule has 3 N–H and O–H groups in total. The van der Waals surface area contributed by atoms with E-state index < -0.39 is 36.2 Å². The van der Waals surface area contributed by atoms with Crippen molar-refractivity contribution in [3.63, 3.8) is 0 Å². The van der Waals surface area contributed by atoms with E-state index in [1.165, 1.54) is 7.11 Å². The minimum absolute atomic E-state index is 0.0298. The molecular weight excluding hydrogens is 480 g/mol. The molecule has 1 aromatic carbocycles. The highest BCUT2D eigenvalue weighted by molar-refractivity contribution is 5.96. The average Bonchev–Trinajstić information content (AvgIpc) is 3.15. The summed E-state index contributed by atoms with van der Waals surface area (Å²) < 4.78 is 28.3. The highest BCUT2D eigenvalue weighted by atomic mass is 16.8. The van der Waals surface area contributed by atoms with Gasteiger partial charge in [-0.05, 0) is 51.7 Å². The van der Waals surface area contributed by atoms with Crippen molar-refractivity contribution in [2.75, 3.05) is 20.5 Å². The molecule has 37 heavy (non-hydrogen) atoms. The van der Waals surface area contributed by atoms with Gasteiger partial charge in [-0.3, -0.25) is 0 Å². The Morgan fingerprint density at radius 2 is 1.84 bits per heavy atom. The molecule has 0 spiro atoms. The normalized spacial score (nSPS) is 21.8. The number of carboxylic acids is 1. The van der Waals surface area contributed by atoms with Crippen LogP contribution in [0.25, 0.3) is 6.08 Å². The fraction of sp³-hybridized carbons (Fsp3) is 0.607. The fourth-order valence-corrected chi connectivity index (χ4v) is 3.88. The quantitative estimate of drug-likeness (QED) is 0.175. The van der Waals surface area contributed by atoms with E-state index in [2.05, 4.69) is 0 Å². The molecule has 1 aromatic rings. The third kappa shape index (κ3) is 9.12. The van der Waals surface area contributed by atoms with Gasteiger partial charge in [0.15, 0.2) is 12.6 Å². The monoisotopic (exact) mass is 522 g/mol. The summed E-state index contributed by atoms with van der Waals surface area (Å²) in [6.45, 7) is 9.50. The van der Waals surface area contributed by atoms with Crippen molar-refractivity contribution in [1.82, 2.24) is 0 Å². The number of benzene rings is 1. The maximum atomic E-state index is 12.2. The highest BCUT2D eigenvalue weighted by Crippen LogP contribution is 2.35. The van der Waals surface area contributed by atoms with E-state index in [-0.39, 0.29) is 24.0 Å². The Morgan fingerprint density at radius 3 is 2.46 bits per heavy atom. The first-order chi connectivity index (χ1) is 17.5. The van der Waals surface area contributed by atoms with Crippen LogP contribution in [-0.2, 0) is 14.2 Å². The van der Waals surface area contributed by atoms with Crippen LogP contribution in [0.15, 0.2) is 30.4 Å². The van der Waals surface area contributed by atoms with Crippen molar-refractivity contribution >= 4 is 12.0 Å². The second kappa shape index (κ2) is 14.5. The Balaban J connectivity index is 2.31. The molecule has 0 bridgehead atoms. The number of hydrogen-bond donors (Lipinski definition) is 3. The molecular formula is C28H42O9. The van der Waals surface area contributed by atoms with Crippen molar-refractivity contribution in [1.29, 1.82) is 0 Å². The number of unbranched alkanes of at least 4 members (excludes halogenated alkanes) is 1. The molecule has 0 saturated carbocycles. The summed E-state index contributed by atoms with van der Waals surface area (Å²) in [6.07, 6.45) is 6.32. The molecule has 1 heterocycles. The van der Waals surface area contributed by atoms with Gasteiger partial charge >= 0.3 is 5.97 Å². The van der Waals surface area contributed by atoms with E-state index in [9.17, 15) is 20.1 Å². The van der Waals surface area contributed by atoms with Crippen LogP contribution in [0.4, 0.5) is 0 Å². The predicted octanol–water partition coefficient (Wildman–Crippen LogP) is 4.40. The lowest BCUT2D eigenvalue weighted by atomic mass is 10.00. The van der Waals surface area contributed by atoms with Crippen LogP contribution in [0, 0.1) is 5.92 Å². The van der Waals surface area contributed by atoms with Crippen LogP contribution in [0.2, 0.25) is 0 Å². The molecule has 0 radical (unpaired) electrons. The number of hydrogen-bond acceptors (Lipinski definition) is 8. The van der Waals surface area contributed by atoms with Crippen molar-refractivity contribution in [2.45, 2.75) is 84.1 Å². The zero-order valence-electron chi connectivity index (χ0n) is 22.7. The van der Waals surface area contributed by atoms with Gasteiger partial charge in [-0.25, -0.2) is 4.79 Å². The van der Waals surface area contributed by atoms with Crippen LogP contribution in [0.5, 0.6) is 11.5 Å². The Hall–Kier alpha value is -2.43. The Bertz CT molecular complexity index is 922. The first kappa shape index (κ1) is 30.8. The molecule has 1 saturated heterocycles. The van der Waals surface area contributed by atoms with E-state index in [1.54, 1.807) is 57.2 Å². The third-order valence-corrected chi connectivity index (χ3v) is 6.05. The molecule has 9 heteroatoms. The lowest BCUT2D eigenvalue weighted by Crippen LogP contribution is -2.34. The van der Waals surface area contributed by atoms with Crippen LogP contribution < -0.4 is 9.47 Å². The standard InChI is InChI=1S/C28H42O9/c1-7-8-16-34-22-14-15-23(35-17-33-6)25(27(31)32)20(22)10-9-11-24-26(37-28(4,5)36-24)21(30)13-12-18(2)19(3)29/h9-10,12-15,18-19,21,24,26,29-30H,7-8,11,16-17H2,1-6H3,(H,31,32)/b10-9+,13-12-/t18-,19+,21?,24+,26-/m1/s1. The number of aliphatic hydroxyl groups excluding tert-OH is 2. The molecule has 1 aliphatic rings. The SMILES string of the molecule is CCCCOc1ccc(OCOC)c(C(=O)O)c1/C=C/C[C@@H]1OC(C)(C)O[C@@H]1C(O)/C=C\[C@@H](C)[C@H](C)O. The van der Waals surface area contributed by atoms with Gasteiger partial charge in [0.05, 0.1) is 18.8 Å². The van der Waals surface area contributed by atoms with Crippen molar-refractivity contribution in [3.05, 3.63) is 41.5 Å². The average molecular weight is 523 g/mol. The summed E-state index contributed by atoms with van der Waals surface area (Å²) in [6, 6.07) is 3.25. The van der Waals surface area contributed by atoms with Crippen LogP contribution in [0.1, 0.15) is 69.8 Å². The largest absolute Gasteiger partial charge is 0.493 e. The second-order valence-electron chi connectivity index (χ2n) is 9.66. The van der Waals surface area contributed by atoms with Gasteiger partial charge in [0.2, 0.25) is 0 Å². The third-order valence-electron chi connectivity index (χ3n) is 6.05. The predicted molar refractivity (Wildman–Crippen MR) is 140 cm³/mol. The molecule has 5 atom stereocenters. The maximum absolute atomic E-state index is 12.2. The van der Waals surface area contributed by atoms with Crippen LogP contribution in [-0.4, -0.2) is 72.0 Å². The zero-order valence-corrected chi connectivity index (χ0v) is 22.7. The number of ether oxygens (including phenoxy) is 5. The van der Waals surface area contributed by atoms with Gasteiger partial charge < -0.3 is 39.0 Å². The number of aromatic carboxylic acids is 1. The molecule has 1 unspecified atom stereocenters. The molecule has 1 aliphatic heterocycles. The summed E-state index contributed by atoms with van der Waals surface area (Å²) >= 11 is 0. The van der Waals surface area contributed by atoms with Crippen molar-refractivity contribution < 1.29 is 43.8 Å². The molecule has 208 valence electrons. The molecule has 0 aromatic heterocycles.